The maximum atomic E-state index is 12.6. The van der Waals surface area contributed by atoms with Crippen LogP contribution in [0.25, 0.3) is 0 Å². The number of rotatable bonds is 5. The van der Waals surface area contributed by atoms with Crippen molar-refractivity contribution in [3.63, 3.8) is 0 Å². The third kappa shape index (κ3) is 4.68. The number of nitrogens with zero attached hydrogens (tertiary/aromatic N) is 2. The van der Waals surface area contributed by atoms with Gasteiger partial charge in [-0.1, -0.05) is 12.1 Å². The standard InChI is InChI=1S/C21H28N2O3S/c1-15-11-20(12-16(2)22-15)14-26-21-9-7-19(8-10-21)13-23-17(3)5-6-18(4)27(23,24)25/h7-12,17-18H,5-6,13-14H2,1-4H3/t17-,18?/m0/s1. The second-order valence-electron chi connectivity index (χ2n) is 7.52. The summed E-state index contributed by atoms with van der Waals surface area (Å²) in [5.74, 6) is 0.772. The van der Waals surface area contributed by atoms with Gasteiger partial charge in [-0.05, 0) is 75.9 Å². The van der Waals surface area contributed by atoms with Crippen molar-refractivity contribution >= 4 is 10.0 Å². The van der Waals surface area contributed by atoms with E-state index in [-0.39, 0.29) is 11.3 Å². The maximum absolute atomic E-state index is 12.6. The SMILES string of the molecule is Cc1cc(COc2ccc(CN3[C@@H](C)CCC(C)S3(=O)=O)cc2)cc(C)n1. The summed E-state index contributed by atoms with van der Waals surface area (Å²) in [6.45, 7) is 8.63. The Hall–Kier alpha value is -1.92. The van der Waals surface area contributed by atoms with Crippen molar-refractivity contribution in [1.29, 1.82) is 0 Å². The highest BCUT2D eigenvalue weighted by Gasteiger charge is 2.36. The normalized spacial score (nSPS) is 22.5. The zero-order valence-corrected chi connectivity index (χ0v) is 17.3. The van der Waals surface area contributed by atoms with Gasteiger partial charge in [0, 0.05) is 24.0 Å². The van der Waals surface area contributed by atoms with Crippen LogP contribution in [0.4, 0.5) is 0 Å². The van der Waals surface area contributed by atoms with E-state index < -0.39 is 10.0 Å². The average molecular weight is 389 g/mol. The van der Waals surface area contributed by atoms with Crippen LogP contribution in [0.1, 0.15) is 49.2 Å². The molecule has 27 heavy (non-hydrogen) atoms. The molecule has 5 nitrogen and oxygen atoms in total. The first kappa shape index (κ1) is 19.8. The van der Waals surface area contributed by atoms with Gasteiger partial charge in [-0.25, -0.2) is 8.42 Å². The number of hydrogen-bond donors (Lipinski definition) is 0. The van der Waals surface area contributed by atoms with Crippen molar-refractivity contribution in [2.75, 3.05) is 0 Å². The molecular weight excluding hydrogens is 360 g/mol. The third-order valence-corrected chi connectivity index (χ3v) is 7.52. The van der Waals surface area contributed by atoms with Gasteiger partial charge in [-0.2, -0.15) is 4.31 Å². The molecule has 2 aromatic rings. The van der Waals surface area contributed by atoms with Crippen molar-refractivity contribution in [1.82, 2.24) is 9.29 Å². The monoisotopic (exact) mass is 388 g/mol. The zero-order chi connectivity index (χ0) is 19.6. The molecule has 0 N–H and O–H groups in total. The van der Waals surface area contributed by atoms with Crippen LogP contribution in [0.15, 0.2) is 36.4 Å². The summed E-state index contributed by atoms with van der Waals surface area (Å²) in [7, 11) is -3.22. The van der Waals surface area contributed by atoms with E-state index in [0.717, 1.165) is 41.1 Å². The fourth-order valence-corrected chi connectivity index (χ4v) is 5.37. The molecule has 2 heterocycles. The largest absolute Gasteiger partial charge is 0.489 e. The van der Waals surface area contributed by atoms with Gasteiger partial charge in [-0.15, -0.1) is 0 Å². The first-order valence-corrected chi connectivity index (χ1v) is 10.9. The van der Waals surface area contributed by atoms with Crippen LogP contribution in [0.3, 0.4) is 0 Å². The van der Waals surface area contributed by atoms with E-state index in [2.05, 4.69) is 4.98 Å². The highest BCUT2D eigenvalue weighted by molar-refractivity contribution is 7.89. The van der Waals surface area contributed by atoms with Crippen LogP contribution in [0.2, 0.25) is 0 Å². The molecule has 1 aromatic carbocycles. The predicted octanol–water partition coefficient (Wildman–Crippen LogP) is 3.98. The molecule has 0 spiro atoms. The molecular formula is C21H28N2O3S. The van der Waals surface area contributed by atoms with Gasteiger partial charge in [0.25, 0.3) is 0 Å². The van der Waals surface area contributed by atoms with Gasteiger partial charge < -0.3 is 4.74 Å². The number of ether oxygens (including phenoxy) is 1. The van der Waals surface area contributed by atoms with E-state index in [9.17, 15) is 8.42 Å². The van der Waals surface area contributed by atoms with Gasteiger partial charge in [0.15, 0.2) is 0 Å². The van der Waals surface area contributed by atoms with Crippen LogP contribution in [-0.2, 0) is 23.2 Å². The second-order valence-corrected chi connectivity index (χ2v) is 9.82. The van der Waals surface area contributed by atoms with Crippen molar-refractivity contribution in [3.8, 4) is 5.75 Å². The Morgan fingerprint density at radius 2 is 1.67 bits per heavy atom. The lowest BCUT2D eigenvalue weighted by molar-refractivity contribution is 0.283. The van der Waals surface area contributed by atoms with E-state index in [1.807, 2.05) is 57.2 Å². The first-order chi connectivity index (χ1) is 12.8. The van der Waals surface area contributed by atoms with Gasteiger partial charge in [0.05, 0.1) is 5.25 Å². The van der Waals surface area contributed by atoms with E-state index in [1.165, 1.54) is 0 Å². The molecule has 1 aliphatic heterocycles. The minimum Gasteiger partial charge on any atom is -0.489 e. The Kier molecular flexibility index (Phi) is 5.86. The molecule has 0 radical (unpaired) electrons. The van der Waals surface area contributed by atoms with Crippen LogP contribution in [-0.4, -0.2) is 29.0 Å². The lowest BCUT2D eigenvalue weighted by Gasteiger charge is -2.36. The van der Waals surface area contributed by atoms with Gasteiger partial charge >= 0.3 is 0 Å². The number of sulfonamides is 1. The second kappa shape index (κ2) is 7.98. The molecule has 2 atom stereocenters. The molecule has 1 aliphatic rings. The third-order valence-electron chi connectivity index (χ3n) is 5.13. The van der Waals surface area contributed by atoms with Gasteiger partial charge in [0.2, 0.25) is 10.0 Å². The highest BCUT2D eigenvalue weighted by Crippen LogP contribution is 2.28. The topological polar surface area (TPSA) is 59.5 Å². The van der Waals surface area contributed by atoms with E-state index in [1.54, 1.807) is 11.2 Å². The Bertz CT molecular complexity index is 874. The molecule has 6 heteroatoms. The molecule has 1 saturated heterocycles. The summed E-state index contributed by atoms with van der Waals surface area (Å²) < 4.78 is 32.7. The van der Waals surface area contributed by atoms with Crippen molar-refractivity contribution in [3.05, 3.63) is 58.9 Å². The number of aryl methyl sites for hydroxylation is 2. The number of aromatic nitrogens is 1. The number of pyridine rings is 1. The molecule has 146 valence electrons. The van der Waals surface area contributed by atoms with Crippen LogP contribution < -0.4 is 4.74 Å². The van der Waals surface area contributed by atoms with Crippen molar-refractivity contribution in [2.24, 2.45) is 0 Å². The molecule has 1 fully saturated rings. The number of benzene rings is 1. The van der Waals surface area contributed by atoms with Crippen LogP contribution >= 0.6 is 0 Å². The van der Waals surface area contributed by atoms with E-state index in [4.69, 9.17) is 4.74 Å². The van der Waals surface area contributed by atoms with Crippen LogP contribution in [0.5, 0.6) is 5.75 Å². The van der Waals surface area contributed by atoms with Crippen LogP contribution in [0, 0.1) is 13.8 Å². The summed E-state index contributed by atoms with van der Waals surface area (Å²) >= 11 is 0. The fraction of sp³-hybridized carbons (Fsp3) is 0.476. The first-order valence-electron chi connectivity index (χ1n) is 9.42. The molecule has 0 amide bonds. The highest BCUT2D eigenvalue weighted by atomic mass is 32.2. The molecule has 1 aromatic heterocycles. The summed E-state index contributed by atoms with van der Waals surface area (Å²) in [5, 5.41) is -0.302. The molecule has 3 rings (SSSR count). The zero-order valence-electron chi connectivity index (χ0n) is 16.5. The maximum Gasteiger partial charge on any atom is 0.217 e. The Labute approximate surface area is 162 Å². The molecule has 1 unspecified atom stereocenters. The van der Waals surface area contributed by atoms with Gasteiger partial charge in [-0.3, -0.25) is 4.98 Å². The smallest absolute Gasteiger partial charge is 0.217 e. The lowest BCUT2D eigenvalue weighted by atomic mass is 10.1. The van der Waals surface area contributed by atoms with Gasteiger partial charge in [0.1, 0.15) is 12.4 Å². The summed E-state index contributed by atoms with van der Waals surface area (Å²) in [6, 6.07) is 11.8. The average Bonchev–Trinajstić information content (AvgIpc) is 2.61. The molecule has 0 bridgehead atoms. The molecule has 0 saturated carbocycles. The minimum absolute atomic E-state index is 0.0419. The Balaban J connectivity index is 1.65. The summed E-state index contributed by atoms with van der Waals surface area (Å²) in [6.07, 6.45) is 1.65. The fourth-order valence-electron chi connectivity index (χ4n) is 3.54. The Morgan fingerprint density at radius 3 is 2.30 bits per heavy atom. The minimum atomic E-state index is -3.22. The predicted molar refractivity (Wildman–Crippen MR) is 107 cm³/mol. The van der Waals surface area contributed by atoms with E-state index >= 15 is 0 Å². The Morgan fingerprint density at radius 1 is 1.04 bits per heavy atom. The summed E-state index contributed by atoms with van der Waals surface area (Å²) in [4.78, 5) is 4.37. The summed E-state index contributed by atoms with van der Waals surface area (Å²) in [5.41, 5.74) is 4.03. The van der Waals surface area contributed by atoms with Crippen molar-refractivity contribution in [2.45, 2.75) is 65.0 Å². The van der Waals surface area contributed by atoms with E-state index in [0.29, 0.717) is 13.2 Å². The lowest BCUT2D eigenvalue weighted by Crippen LogP contribution is -2.46. The molecule has 0 aliphatic carbocycles. The van der Waals surface area contributed by atoms with Crippen molar-refractivity contribution < 1.29 is 13.2 Å². The number of hydrogen-bond acceptors (Lipinski definition) is 4. The quantitative estimate of drug-likeness (QED) is 0.777.